The van der Waals surface area contributed by atoms with Gasteiger partial charge in [0.25, 0.3) is 0 Å². The lowest BCUT2D eigenvalue weighted by Crippen LogP contribution is -2.40. The Morgan fingerprint density at radius 3 is 2.46 bits per heavy atom. The third-order valence-electron chi connectivity index (χ3n) is 6.39. The first-order valence-electron chi connectivity index (χ1n) is 11.2. The van der Waals surface area contributed by atoms with Crippen LogP contribution >= 0.6 is 0 Å². The van der Waals surface area contributed by atoms with Crippen LogP contribution < -0.4 is 9.64 Å². The zero-order valence-corrected chi connectivity index (χ0v) is 19.9. The predicted molar refractivity (Wildman–Crippen MR) is 136 cm³/mol. The average molecular weight is 474 g/mol. The van der Waals surface area contributed by atoms with Crippen LogP contribution in [0.15, 0.2) is 78.3 Å². The number of anilines is 1. The summed E-state index contributed by atoms with van der Waals surface area (Å²) in [7, 11) is 1.51. The van der Waals surface area contributed by atoms with Gasteiger partial charge in [-0.2, -0.15) is 0 Å². The van der Waals surface area contributed by atoms with Crippen molar-refractivity contribution in [3.8, 4) is 17.2 Å². The second kappa shape index (κ2) is 9.25. The Morgan fingerprint density at radius 2 is 1.83 bits per heavy atom. The average Bonchev–Trinajstić information content (AvgIpc) is 2.84. The summed E-state index contributed by atoms with van der Waals surface area (Å²) < 4.78 is 20.6. The second-order valence-corrected chi connectivity index (χ2v) is 9.01. The number of rotatable bonds is 6. The maximum absolute atomic E-state index is 15.0. The number of benzene rings is 3. The van der Waals surface area contributed by atoms with Crippen LogP contribution in [0.3, 0.4) is 0 Å². The third-order valence-corrected chi connectivity index (χ3v) is 6.39. The summed E-state index contributed by atoms with van der Waals surface area (Å²) >= 11 is 0. The lowest BCUT2D eigenvalue weighted by molar-refractivity contribution is 0.395. The molecule has 3 aromatic carbocycles. The van der Waals surface area contributed by atoms with Crippen LogP contribution in [0.25, 0.3) is 0 Å². The maximum atomic E-state index is 15.0. The monoisotopic (exact) mass is 473 g/mol. The smallest absolute Gasteiger partial charge is 0.223 e. The molecular weight excluding hydrogens is 445 g/mol. The molecule has 180 valence electrons. The molecule has 6 nitrogen and oxygen atoms in total. The number of phenolic OH excluding ortho intramolecular Hbond substituents is 2. The summed E-state index contributed by atoms with van der Waals surface area (Å²) in [5, 5.41) is 29.2. The van der Waals surface area contributed by atoms with Gasteiger partial charge in [0, 0.05) is 29.0 Å². The van der Waals surface area contributed by atoms with Gasteiger partial charge in [0.05, 0.1) is 24.6 Å². The van der Waals surface area contributed by atoms with Crippen LogP contribution in [0.4, 0.5) is 10.1 Å². The standard InChI is InChI=1S/C28H28FN3O3/c1-5-28(2,3)20-14-19(26(35-4)16-25(20)34)24-15-22(17-10-12-18(33)13-11-17)31-27(30)32(24)23-9-7-6-8-21(23)29/h5-14,16,24,30,33-34H,1,15H2,2-4H3. The highest BCUT2D eigenvalue weighted by Gasteiger charge is 2.35. The number of allylic oxidation sites excluding steroid dienone is 1. The van der Waals surface area contributed by atoms with E-state index in [1.165, 1.54) is 13.2 Å². The summed E-state index contributed by atoms with van der Waals surface area (Å²) in [6.45, 7) is 7.78. The topological polar surface area (TPSA) is 89.1 Å². The van der Waals surface area contributed by atoms with E-state index in [1.54, 1.807) is 59.5 Å². The third kappa shape index (κ3) is 4.49. The van der Waals surface area contributed by atoms with Crippen LogP contribution in [-0.4, -0.2) is 29.0 Å². The van der Waals surface area contributed by atoms with E-state index in [0.29, 0.717) is 29.0 Å². The molecule has 0 fully saturated rings. The van der Waals surface area contributed by atoms with Gasteiger partial charge in [-0.3, -0.25) is 5.41 Å². The molecule has 0 saturated heterocycles. The number of halogens is 1. The number of ether oxygens (including phenoxy) is 1. The Morgan fingerprint density at radius 1 is 1.14 bits per heavy atom. The fourth-order valence-corrected chi connectivity index (χ4v) is 4.31. The SMILES string of the molecule is C=CC(C)(C)c1cc(C2CC(c3ccc(O)cc3)=NC(=N)N2c2ccccc2F)c(OC)cc1O. The van der Waals surface area contributed by atoms with Crippen molar-refractivity contribution in [2.24, 2.45) is 4.99 Å². The van der Waals surface area contributed by atoms with Crippen LogP contribution in [0, 0.1) is 11.2 Å². The van der Waals surface area contributed by atoms with E-state index in [1.807, 2.05) is 19.9 Å². The maximum Gasteiger partial charge on any atom is 0.223 e. The molecule has 0 aromatic heterocycles. The zero-order chi connectivity index (χ0) is 25.3. The van der Waals surface area contributed by atoms with E-state index < -0.39 is 17.3 Å². The highest BCUT2D eigenvalue weighted by Crippen LogP contribution is 2.44. The Hall–Kier alpha value is -4.13. The number of nitrogens with one attached hydrogen (secondary N) is 1. The van der Waals surface area contributed by atoms with E-state index in [4.69, 9.17) is 10.1 Å². The van der Waals surface area contributed by atoms with E-state index >= 15 is 0 Å². The first kappa shape index (κ1) is 24.0. The zero-order valence-electron chi connectivity index (χ0n) is 19.9. The van der Waals surface area contributed by atoms with Gasteiger partial charge in [-0.1, -0.05) is 32.1 Å². The molecule has 1 aliphatic heterocycles. The van der Waals surface area contributed by atoms with Crippen molar-refractivity contribution in [3.63, 3.8) is 0 Å². The van der Waals surface area contributed by atoms with Crippen LogP contribution in [-0.2, 0) is 5.41 Å². The molecule has 1 unspecified atom stereocenters. The summed E-state index contributed by atoms with van der Waals surface area (Å²) in [6.07, 6.45) is 2.08. The van der Waals surface area contributed by atoms with Crippen LogP contribution in [0.1, 0.15) is 43.0 Å². The van der Waals surface area contributed by atoms with Gasteiger partial charge in [-0.25, -0.2) is 9.38 Å². The Bertz CT molecular complexity index is 1320. The van der Waals surface area contributed by atoms with Crippen molar-refractivity contribution < 1.29 is 19.3 Å². The minimum atomic E-state index is -0.560. The molecule has 0 bridgehead atoms. The molecular formula is C28H28FN3O3. The summed E-state index contributed by atoms with van der Waals surface area (Å²) in [6, 6.07) is 15.7. The minimum Gasteiger partial charge on any atom is -0.508 e. The van der Waals surface area contributed by atoms with Crippen LogP contribution in [0.2, 0.25) is 0 Å². The number of guanidine groups is 1. The van der Waals surface area contributed by atoms with Gasteiger partial charge in [-0.15, -0.1) is 6.58 Å². The summed E-state index contributed by atoms with van der Waals surface area (Å²) in [5.74, 6) is -0.00580. The van der Waals surface area contributed by atoms with Gasteiger partial charge in [0.1, 0.15) is 23.1 Å². The van der Waals surface area contributed by atoms with E-state index in [9.17, 15) is 14.6 Å². The molecule has 1 heterocycles. The lowest BCUT2D eigenvalue weighted by atomic mass is 9.81. The quantitative estimate of drug-likeness (QED) is 0.378. The van der Waals surface area contributed by atoms with Gasteiger partial charge in [0.15, 0.2) is 0 Å². The highest BCUT2D eigenvalue weighted by molar-refractivity contribution is 6.13. The number of nitrogens with zero attached hydrogens (tertiary/aromatic N) is 2. The first-order valence-corrected chi connectivity index (χ1v) is 11.2. The molecule has 4 rings (SSSR count). The van der Waals surface area contributed by atoms with Crippen molar-refractivity contribution in [2.45, 2.75) is 31.7 Å². The van der Waals surface area contributed by atoms with Crippen molar-refractivity contribution in [3.05, 3.63) is 95.8 Å². The van der Waals surface area contributed by atoms with E-state index in [-0.39, 0.29) is 23.1 Å². The fourth-order valence-electron chi connectivity index (χ4n) is 4.31. The van der Waals surface area contributed by atoms with Gasteiger partial charge >= 0.3 is 0 Å². The number of methoxy groups -OCH3 is 1. The molecule has 3 N–H and O–H groups in total. The van der Waals surface area contributed by atoms with E-state index in [2.05, 4.69) is 11.6 Å². The Balaban J connectivity index is 1.94. The molecule has 0 radical (unpaired) electrons. The van der Waals surface area contributed by atoms with Crippen LogP contribution in [0.5, 0.6) is 17.2 Å². The lowest BCUT2D eigenvalue weighted by Gasteiger charge is -2.37. The molecule has 3 aromatic rings. The number of hydrogen-bond donors (Lipinski definition) is 3. The molecule has 7 heteroatoms. The van der Waals surface area contributed by atoms with Gasteiger partial charge in [-0.05, 0) is 48.0 Å². The first-order chi connectivity index (χ1) is 16.7. The number of hydrogen-bond acceptors (Lipinski definition) is 4. The Labute approximate surface area is 204 Å². The predicted octanol–water partition coefficient (Wildman–Crippen LogP) is 6.08. The van der Waals surface area contributed by atoms with Crippen molar-refractivity contribution in [1.82, 2.24) is 0 Å². The molecule has 0 saturated carbocycles. The normalized spacial score (nSPS) is 16.1. The minimum absolute atomic E-state index is 0.0613. The van der Waals surface area contributed by atoms with Gasteiger partial charge in [0.2, 0.25) is 5.96 Å². The molecule has 0 spiro atoms. The van der Waals surface area contributed by atoms with Gasteiger partial charge < -0.3 is 19.8 Å². The van der Waals surface area contributed by atoms with Crippen molar-refractivity contribution in [1.29, 1.82) is 5.41 Å². The highest BCUT2D eigenvalue weighted by atomic mass is 19.1. The largest absolute Gasteiger partial charge is 0.508 e. The number of para-hydroxylation sites is 1. The van der Waals surface area contributed by atoms with E-state index in [0.717, 1.165) is 5.56 Å². The summed E-state index contributed by atoms with van der Waals surface area (Å²) in [4.78, 5) is 6.03. The second-order valence-electron chi connectivity index (χ2n) is 9.01. The number of aliphatic imine (C=N–C) groups is 1. The molecule has 0 amide bonds. The molecule has 0 aliphatic carbocycles. The number of phenols is 2. The summed E-state index contributed by atoms with van der Waals surface area (Å²) in [5.41, 5.74) is 2.34. The fraction of sp³-hybridized carbons (Fsp3) is 0.214. The number of aromatic hydroxyl groups is 2. The molecule has 1 atom stereocenters. The Kier molecular flexibility index (Phi) is 6.35. The van der Waals surface area contributed by atoms with Crippen molar-refractivity contribution in [2.75, 3.05) is 12.0 Å². The molecule has 1 aliphatic rings. The van der Waals surface area contributed by atoms with Crippen molar-refractivity contribution >= 4 is 17.4 Å². The molecule has 35 heavy (non-hydrogen) atoms.